The minimum Gasteiger partial charge on any atom is -0.481 e. The Balaban J connectivity index is 1.71. The van der Waals surface area contributed by atoms with Gasteiger partial charge in [-0.3, -0.25) is 4.79 Å². The van der Waals surface area contributed by atoms with Crippen LogP contribution in [0.1, 0.15) is 38.5 Å². The maximum atomic E-state index is 11.7. The third kappa shape index (κ3) is 3.59. The lowest BCUT2D eigenvalue weighted by atomic mass is 9.86. The van der Waals surface area contributed by atoms with Crippen molar-refractivity contribution in [1.82, 2.24) is 10.6 Å². The van der Waals surface area contributed by atoms with Crippen LogP contribution in [0.4, 0.5) is 4.79 Å². The Labute approximate surface area is 112 Å². The highest BCUT2D eigenvalue weighted by Gasteiger charge is 2.41. The van der Waals surface area contributed by atoms with E-state index in [0.29, 0.717) is 19.4 Å². The summed E-state index contributed by atoms with van der Waals surface area (Å²) in [5.41, 5.74) is -0.763. The van der Waals surface area contributed by atoms with Gasteiger partial charge in [0.1, 0.15) is 0 Å². The number of carbonyl (C=O) groups excluding carboxylic acids is 1. The van der Waals surface area contributed by atoms with E-state index in [1.54, 1.807) is 0 Å². The summed E-state index contributed by atoms with van der Waals surface area (Å²) >= 11 is 0. The summed E-state index contributed by atoms with van der Waals surface area (Å²) in [5, 5.41) is 14.7. The van der Waals surface area contributed by atoms with Crippen molar-refractivity contribution in [2.24, 2.45) is 5.41 Å². The first-order valence-electron chi connectivity index (χ1n) is 6.99. The fraction of sp³-hybridized carbons (Fsp3) is 0.846. The molecule has 6 heteroatoms. The van der Waals surface area contributed by atoms with Crippen molar-refractivity contribution in [3.63, 3.8) is 0 Å². The van der Waals surface area contributed by atoms with Crippen LogP contribution in [0.15, 0.2) is 0 Å². The molecule has 1 heterocycles. The van der Waals surface area contributed by atoms with E-state index in [2.05, 4.69) is 10.6 Å². The van der Waals surface area contributed by atoms with Crippen LogP contribution >= 0.6 is 0 Å². The van der Waals surface area contributed by atoms with Crippen molar-refractivity contribution in [2.75, 3.05) is 19.7 Å². The van der Waals surface area contributed by atoms with Crippen LogP contribution < -0.4 is 10.6 Å². The normalized spacial score (nSPS) is 25.2. The molecule has 0 aromatic heterocycles. The number of amides is 2. The molecule has 0 aromatic carbocycles. The molecular formula is C13H22N2O4. The lowest BCUT2D eigenvalue weighted by molar-refractivity contribution is -0.148. The molecular weight excluding hydrogens is 248 g/mol. The molecule has 1 aliphatic carbocycles. The molecule has 0 bridgehead atoms. The Morgan fingerprint density at radius 1 is 1.21 bits per heavy atom. The standard InChI is InChI=1S/C13H22N2O4/c16-11(17)13(5-1-2-6-13)9-15-12(18)14-8-10-4-3-7-19-10/h10H,1-9H2,(H,16,17)(H2,14,15,18). The maximum absolute atomic E-state index is 11.7. The smallest absolute Gasteiger partial charge is 0.314 e. The van der Waals surface area contributed by atoms with Gasteiger partial charge in [-0.15, -0.1) is 0 Å². The number of aliphatic carboxylic acids is 1. The van der Waals surface area contributed by atoms with Crippen molar-refractivity contribution in [1.29, 1.82) is 0 Å². The average molecular weight is 270 g/mol. The van der Waals surface area contributed by atoms with Crippen LogP contribution in [0.3, 0.4) is 0 Å². The van der Waals surface area contributed by atoms with E-state index in [9.17, 15) is 14.7 Å². The van der Waals surface area contributed by atoms with Gasteiger partial charge in [0.05, 0.1) is 11.5 Å². The van der Waals surface area contributed by atoms with Gasteiger partial charge in [-0.05, 0) is 25.7 Å². The number of rotatable bonds is 5. The van der Waals surface area contributed by atoms with E-state index in [1.807, 2.05) is 0 Å². The Bertz CT molecular complexity index is 334. The molecule has 3 N–H and O–H groups in total. The minimum atomic E-state index is -0.801. The number of nitrogens with one attached hydrogen (secondary N) is 2. The first kappa shape index (κ1) is 14.1. The fourth-order valence-electron chi connectivity index (χ4n) is 2.84. The quantitative estimate of drug-likeness (QED) is 0.698. The third-order valence-electron chi connectivity index (χ3n) is 4.12. The Hall–Kier alpha value is -1.30. The lowest BCUT2D eigenvalue weighted by Gasteiger charge is -2.24. The summed E-state index contributed by atoms with van der Waals surface area (Å²) in [4.78, 5) is 23.0. The molecule has 2 fully saturated rings. The highest BCUT2D eigenvalue weighted by molar-refractivity contribution is 5.78. The number of ether oxygens (including phenoxy) is 1. The topological polar surface area (TPSA) is 87.7 Å². The number of urea groups is 1. The Kier molecular flexibility index (Phi) is 4.63. The van der Waals surface area contributed by atoms with E-state index in [4.69, 9.17) is 4.74 Å². The Morgan fingerprint density at radius 3 is 2.53 bits per heavy atom. The molecule has 1 unspecified atom stereocenters. The molecule has 1 saturated carbocycles. The van der Waals surface area contributed by atoms with Crippen LogP contribution in [0.5, 0.6) is 0 Å². The van der Waals surface area contributed by atoms with Crippen molar-refractivity contribution >= 4 is 12.0 Å². The third-order valence-corrected chi connectivity index (χ3v) is 4.12. The van der Waals surface area contributed by atoms with Crippen molar-refractivity contribution in [3.05, 3.63) is 0 Å². The molecule has 108 valence electrons. The number of carboxylic acid groups (broad SMARTS) is 1. The van der Waals surface area contributed by atoms with Gasteiger partial charge in [-0.2, -0.15) is 0 Å². The van der Waals surface area contributed by atoms with Crippen molar-refractivity contribution in [2.45, 2.75) is 44.6 Å². The summed E-state index contributed by atoms with van der Waals surface area (Å²) in [7, 11) is 0. The van der Waals surface area contributed by atoms with Crippen molar-refractivity contribution < 1.29 is 19.4 Å². The summed E-state index contributed by atoms with van der Waals surface area (Å²) in [6.45, 7) is 1.46. The zero-order chi connectivity index (χ0) is 13.7. The molecule has 2 rings (SSSR count). The summed E-state index contributed by atoms with van der Waals surface area (Å²) in [6.07, 6.45) is 5.25. The van der Waals surface area contributed by atoms with Crippen LogP contribution in [-0.4, -0.2) is 42.9 Å². The van der Waals surface area contributed by atoms with Gasteiger partial charge in [-0.1, -0.05) is 12.8 Å². The largest absolute Gasteiger partial charge is 0.481 e. The molecule has 1 atom stereocenters. The second-order valence-corrected chi connectivity index (χ2v) is 5.49. The van der Waals surface area contributed by atoms with Gasteiger partial charge in [0.15, 0.2) is 0 Å². The van der Waals surface area contributed by atoms with Gasteiger partial charge in [0.2, 0.25) is 0 Å². The summed E-state index contributed by atoms with van der Waals surface area (Å²) in [6, 6.07) is -0.303. The van der Waals surface area contributed by atoms with Gasteiger partial charge in [0, 0.05) is 19.7 Å². The van der Waals surface area contributed by atoms with Crippen LogP contribution in [0.25, 0.3) is 0 Å². The second kappa shape index (κ2) is 6.23. The predicted molar refractivity (Wildman–Crippen MR) is 68.9 cm³/mol. The maximum Gasteiger partial charge on any atom is 0.314 e. The minimum absolute atomic E-state index is 0.102. The SMILES string of the molecule is O=C(NCC1CCCO1)NCC1(C(=O)O)CCCC1. The van der Waals surface area contributed by atoms with E-state index in [-0.39, 0.29) is 18.7 Å². The molecule has 1 saturated heterocycles. The molecule has 0 aromatic rings. The van der Waals surface area contributed by atoms with E-state index in [1.165, 1.54) is 0 Å². The Morgan fingerprint density at radius 2 is 1.95 bits per heavy atom. The second-order valence-electron chi connectivity index (χ2n) is 5.49. The van der Waals surface area contributed by atoms with Gasteiger partial charge in [-0.25, -0.2) is 4.79 Å². The number of hydrogen-bond donors (Lipinski definition) is 3. The monoisotopic (exact) mass is 270 g/mol. The van der Waals surface area contributed by atoms with Crippen LogP contribution in [0, 0.1) is 5.41 Å². The number of carbonyl (C=O) groups is 2. The number of carboxylic acids is 1. The molecule has 0 spiro atoms. The molecule has 1 aliphatic heterocycles. The van der Waals surface area contributed by atoms with Crippen molar-refractivity contribution in [3.8, 4) is 0 Å². The molecule has 2 aliphatic rings. The average Bonchev–Trinajstić information content (AvgIpc) is 3.05. The van der Waals surface area contributed by atoms with Gasteiger partial charge >= 0.3 is 12.0 Å². The van der Waals surface area contributed by atoms with Gasteiger partial charge in [0.25, 0.3) is 0 Å². The predicted octanol–water partition coefficient (Wildman–Crippen LogP) is 1.11. The van der Waals surface area contributed by atoms with E-state index < -0.39 is 11.4 Å². The first-order chi connectivity index (χ1) is 9.12. The summed E-state index contributed by atoms with van der Waals surface area (Å²) < 4.78 is 5.40. The van der Waals surface area contributed by atoms with E-state index in [0.717, 1.165) is 32.3 Å². The number of hydrogen-bond acceptors (Lipinski definition) is 3. The van der Waals surface area contributed by atoms with Gasteiger partial charge < -0.3 is 20.5 Å². The fourth-order valence-corrected chi connectivity index (χ4v) is 2.84. The molecule has 6 nitrogen and oxygen atoms in total. The molecule has 19 heavy (non-hydrogen) atoms. The lowest BCUT2D eigenvalue weighted by Crippen LogP contribution is -2.46. The van der Waals surface area contributed by atoms with Crippen LogP contribution in [-0.2, 0) is 9.53 Å². The first-order valence-corrected chi connectivity index (χ1v) is 6.99. The highest BCUT2D eigenvalue weighted by atomic mass is 16.5. The molecule has 0 radical (unpaired) electrons. The van der Waals surface area contributed by atoms with E-state index >= 15 is 0 Å². The summed E-state index contributed by atoms with van der Waals surface area (Å²) in [5.74, 6) is -0.801. The highest BCUT2D eigenvalue weighted by Crippen LogP contribution is 2.37. The zero-order valence-electron chi connectivity index (χ0n) is 11.1. The zero-order valence-corrected chi connectivity index (χ0v) is 11.1. The van der Waals surface area contributed by atoms with Crippen LogP contribution in [0.2, 0.25) is 0 Å². The molecule has 2 amide bonds.